The van der Waals surface area contributed by atoms with Gasteiger partial charge in [0.25, 0.3) is 0 Å². The average molecular weight is 280 g/mol. The normalized spacial score (nSPS) is 18.0. The summed E-state index contributed by atoms with van der Waals surface area (Å²) in [4.78, 5) is 9.19. The van der Waals surface area contributed by atoms with Crippen LogP contribution >= 0.6 is 0 Å². The molecule has 0 aromatic carbocycles. The fourth-order valence-corrected chi connectivity index (χ4v) is 3.06. The van der Waals surface area contributed by atoms with Crippen LogP contribution in [0.4, 0.5) is 0 Å². The zero-order valence-corrected chi connectivity index (χ0v) is 12.8. The van der Waals surface area contributed by atoms with Crippen molar-refractivity contribution in [1.82, 2.24) is 19.4 Å². The van der Waals surface area contributed by atoms with Crippen LogP contribution in [0.2, 0.25) is 0 Å². The van der Waals surface area contributed by atoms with Gasteiger partial charge in [-0.15, -0.1) is 0 Å². The number of aliphatic hydroxyl groups excluding tert-OH is 1. The number of aryl methyl sites for hydroxylation is 1. The fourth-order valence-electron chi connectivity index (χ4n) is 3.06. The standard InChI is InChI=1S/C15H28N4O/c1-3-19-9-6-16-15(19)13-17(2)12-14-4-7-18(8-5-14)10-11-20/h6,9,14,20H,3-5,7-8,10-13H2,1-2H3. The van der Waals surface area contributed by atoms with Gasteiger partial charge in [-0.1, -0.05) is 0 Å². The van der Waals surface area contributed by atoms with Gasteiger partial charge in [0.05, 0.1) is 13.2 Å². The summed E-state index contributed by atoms with van der Waals surface area (Å²) in [5.74, 6) is 1.94. The quantitative estimate of drug-likeness (QED) is 0.810. The van der Waals surface area contributed by atoms with E-state index < -0.39 is 0 Å². The van der Waals surface area contributed by atoms with Crippen LogP contribution in [0.15, 0.2) is 12.4 Å². The van der Waals surface area contributed by atoms with Crippen LogP contribution in [0.3, 0.4) is 0 Å². The molecule has 1 fully saturated rings. The third kappa shape index (κ3) is 4.30. The smallest absolute Gasteiger partial charge is 0.122 e. The van der Waals surface area contributed by atoms with Gasteiger partial charge in [0.1, 0.15) is 5.82 Å². The lowest BCUT2D eigenvalue weighted by molar-refractivity contribution is 0.128. The zero-order valence-electron chi connectivity index (χ0n) is 12.8. The molecule has 0 bridgehead atoms. The van der Waals surface area contributed by atoms with Crippen molar-refractivity contribution in [3.8, 4) is 0 Å². The van der Waals surface area contributed by atoms with E-state index in [1.807, 2.05) is 6.20 Å². The molecule has 1 N–H and O–H groups in total. The number of nitrogens with zero attached hydrogens (tertiary/aromatic N) is 4. The molecule has 5 nitrogen and oxygen atoms in total. The monoisotopic (exact) mass is 280 g/mol. The molecule has 1 saturated heterocycles. The number of imidazole rings is 1. The molecule has 1 aromatic rings. The Morgan fingerprint density at radius 3 is 2.80 bits per heavy atom. The number of piperidine rings is 1. The molecular formula is C15H28N4O. The third-order valence-corrected chi connectivity index (χ3v) is 4.25. The largest absolute Gasteiger partial charge is 0.395 e. The predicted molar refractivity (Wildman–Crippen MR) is 80.5 cm³/mol. The van der Waals surface area contributed by atoms with Crippen LogP contribution < -0.4 is 0 Å². The molecule has 0 unspecified atom stereocenters. The lowest BCUT2D eigenvalue weighted by Gasteiger charge is -2.33. The van der Waals surface area contributed by atoms with Crippen LogP contribution in [0, 0.1) is 5.92 Å². The average Bonchev–Trinajstić information content (AvgIpc) is 2.88. The van der Waals surface area contributed by atoms with Crippen LogP contribution in [0.25, 0.3) is 0 Å². The summed E-state index contributed by atoms with van der Waals surface area (Å²) >= 11 is 0. The summed E-state index contributed by atoms with van der Waals surface area (Å²) in [6.45, 7) is 8.58. The first-order valence-electron chi connectivity index (χ1n) is 7.74. The Hall–Kier alpha value is -0.910. The highest BCUT2D eigenvalue weighted by molar-refractivity contribution is 4.92. The molecule has 2 rings (SSSR count). The van der Waals surface area contributed by atoms with E-state index in [2.05, 4.69) is 39.5 Å². The van der Waals surface area contributed by atoms with Gasteiger partial charge in [-0.25, -0.2) is 4.98 Å². The van der Waals surface area contributed by atoms with Crippen molar-refractivity contribution >= 4 is 0 Å². The Morgan fingerprint density at radius 2 is 2.15 bits per heavy atom. The van der Waals surface area contributed by atoms with Crippen LogP contribution in [0.1, 0.15) is 25.6 Å². The number of rotatable bonds is 7. The van der Waals surface area contributed by atoms with E-state index in [-0.39, 0.29) is 6.61 Å². The van der Waals surface area contributed by atoms with Crippen molar-refractivity contribution in [1.29, 1.82) is 0 Å². The Bertz CT molecular complexity index is 385. The molecule has 5 heteroatoms. The van der Waals surface area contributed by atoms with Crippen LogP contribution in [-0.4, -0.2) is 64.3 Å². The molecule has 2 heterocycles. The summed E-state index contributed by atoms with van der Waals surface area (Å²) in [6, 6.07) is 0. The van der Waals surface area contributed by atoms with E-state index in [1.165, 1.54) is 12.8 Å². The Labute approximate surface area is 122 Å². The lowest BCUT2D eigenvalue weighted by atomic mass is 9.96. The Balaban J connectivity index is 1.74. The van der Waals surface area contributed by atoms with E-state index in [0.717, 1.165) is 51.0 Å². The van der Waals surface area contributed by atoms with E-state index in [4.69, 9.17) is 5.11 Å². The van der Waals surface area contributed by atoms with Crippen molar-refractivity contribution in [3.63, 3.8) is 0 Å². The van der Waals surface area contributed by atoms with Crippen molar-refractivity contribution in [3.05, 3.63) is 18.2 Å². The predicted octanol–water partition coefficient (Wildman–Crippen LogP) is 1.04. The lowest BCUT2D eigenvalue weighted by Crippen LogP contribution is -2.39. The highest BCUT2D eigenvalue weighted by atomic mass is 16.3. The Morgan fingerprint density at radius 1 is 1.40 bits per heavy atom. The number of β-amino-alcohol motifs (C(OH)–C–C–N with tert-alkyl or cyclic N) is 1. The van der Waals surface area contributed by atoms with Gasteiger partial charge >= 0.3 is 0 Å². The van der Waals surface area contributed by atoms with Gasteiger partial charge in [0, 0.05) is 32.0 Å². The zero-order chi connectivity index (χ0) is 14.4. The SMILES string of the molecule is CCn1ccnc1CN(C)CC1CCN(CCO)CC1. The van der Waals surface area contributed by atoms with Gasteiger partial charge < -0.3 is 14.6 Å². The second kappa shape index (κ2) is 7.76. The minimum atomic E-state index is 0.282. The molecular weight excluding hydrogens is 252 g/mol. The molecule has 20 heavy (non-hydrogen) atoms. The molecule has 114 valence electrons. The summed E-state index contributed by atoms with van der Waals surface area (Å²) in [5.41, 5.74) is 0. The fraction of sp³-hybridized carbons (Fsp3) is 0.800. The number of aliphatic hydroxyl groups is 1. The van der Waals surface area contributed by atoms with Crippen LogP contribution in [-0.2, 0) is 13.1 Å². The summed E-state index contributed by atoms with van der Waals surface area (Å²) in [5, 5.41) is 8.96. The molecule has 0 amide bonds. The first-order chi connectivity index (χ1) is 9.72. The van der Waals surface area contributed by atoms with E-state index in [1.54, 1.807) is 0 Å². The van der Waals surface area contributed by atoms with E-state index in [9.17, 15) is 0 Å². The summed E-state index contributed by atoms with van der Waals surface area (Å²) in [6.07, 6.45) is 6.43. The Kier molecular flexibility index (Phi) is 6.01. The molecule has 1 aliphatic rings. The van der Waals surface area contributed by atoms with Gasteiger partial charge in [-0.05, 0) is 45.8 Å². The highest BCUT2D eigenvalue weighted by Gasteiger charge is 2.20. The summed E-state index contributed by atoms with van der Waals surface area (Å²) < 4.78 is 2.21. The first-order valence-corrected chi connectivity index (χ1v) is 7.74. The number of hydrogen-bond donors (Lipinski definition) is 1. The molecule has 0 spiro atoms. The molecule has 1 aliphatic heterocycles. The maximum absolute atomic E-state index is 8.96. The van der Waals surface area contributed by atoms with Crippen molar-refractivity contribution in [2.75, 3.05) is 39.8 Å². The minimum absolute atomic E-state index is 0.282. The van der Waals surface area contributed by atoms with Gasteiger partial charge in [0.2, 0.25) is 0 Å². The second-order valence-electron chi connectivity index (χ2n) is 5.83. The number of aromatic nitrogens is 2. The van der Waals surface area contributed by atoms with Gasteiger partial charge in [-0.2, -0.15) is 0 Å². The second-order valence-corrected chi connectivity index (χ2v) is 5.83. The van der Waals surface area contributed by atoms with Gasteiger partial charge in [-0.3, -0.25) is 4.90 Å². The maximum atomic E-state index is 8.96. The van der Waals surface area contributed by atoms with Gasteiger partial charge in [0.15, 0.2) is 0 Å². The molecule has 0 saturated carbocycles. The topological polar surface area (TPSA) is 44.5 Å². The molecule has 0 atom stereocenters. The number of hydrogen-bond acceptors (Lipinski definition) is 4. The van der Waals surface area contributed by atoms with E-state index >= 15 is 0 Å². The van der Waals surface area contributed by atoms with Crippen molar-refractivity contribution in [2.24, 2.45) is 5.92 Å². The summed E-state index contributed by atoms with van der Waals surface area (Å²) in [7, 11) is 2.19. The molecule has 0 aliphatic carbocycles. The van der Waals surface area contributed by atoms with E-state index in [0.29, 0.717) is 0 Å². The van der Waals surface area contributed by atoms with Crippen LogP contribution in [0.5, 0.6) is 0 Å². The van der Waals surface area contributed by atoms with Crippen molar-refractivity contribution < 1.29 is 5.11 Å². The first kappa shape index (κ1) is 15.5. The highest BCUT2D eigenvalue weighted by Crippen LogP contribution is 2.18. The maximum Gasteiger partial charge on any atom is 0.122 e. The molecule has 0 radical (unpaired) electrons. The molecule has 1 aromatic heterocycles. The van der Waals surface area contributed by atoms with Crippen molar-refractivity contribution in [2.45, 2.75) is 32.9 Å². The minimum Gasteiger partial charge on any atom is -0.395 e. The third-order valence-electron chi connectivity index (χ3n) is 4.25. The number of likely N-dealkylation sites (tertiary alicyclic amines) is 1.